The predicted molar refractivity (Wildman–Crippen MR) is 80.4 cm³/mol. The number of pyridine rings is 1. The van der Waals surface area contributed by atoms with Crippen LogP contribution in [0.15, 0.2) is 12.3 Å². The molecule has 0 radical (unpaired) electrons. The summed E-state index contributed by atoms with van der Waals surface area (Å²) in [6.45, 7) is 4.12. The molecule has 1 aliphatic rings. The lowest BCUT2D eigenvalue weighted by Gasteiger charge is -2.38. The molecule has 1 fully saturated rings. The van der Waals surface area contributed by atoms with Crippen molar-refractivity contribution in [3.8, 4) is 0 Å². The minimum absolute atomic E-state index is 0.0358. The molecule has 6 heteroatoms. The van der Waals surface area contributed by atoms with Crippen LogP contribution in [0.4, 0.5) is 11.4 Å². The maximum atomic E-state index is 11.2. The van der Waals surface area contributed by atoms with Crippen molar-refractivity contribution in [1.29, 1.82) is 0 Å². The minimum atomic E-state index is -0.378. The number of rotatable bonds is 4. The number of aromatic nitrogens is 1. The average Bonchev–Trinajstić information content (AvgIpc) is 2.39. The van der Waals surface area contributed by atoms with E-state index in [1.54, 1.807) is 6.07 Å². The molecule has 110 valence electrons. The van der Waals surface area contributed by atoms with Gasteiger partial charge in [-0.15, -0.1) is 0 Å². The monoisotopic (exact) mass is 297 g/mol. The summed E-state index contributed by atoms with van der Waals surface area (Å²) in [5, 5.41) is 11.5. The molecule has 0 spiro atoms. The summed E-state index contributed by atoms with van der Waals surface area (Å²) >= 11 is 5.95. The van der Waals surface area contributed by atoms with E-state index >= 15 is 0 Å². The van der Waals surface area contributed by atoms with Gasteiger partial charge in [-0.25, -0.2) is 4.98 Å². The zero-order valence-electron chi connectivity index (χ0n) is 11.9. The second-order valence-electron chi connectivity index (χ2n) is 5.55. The van der Waals surface area contributed by atoms with Crippen LogP contribution in [0.1, 0.15) is 46.0 Å². The first kappa shape index (κ1) is 15.0. The van der Waals surface area contributed by atoms with Gasteiger partial charge in [-0.2, -0.15) is 0 Å². The molecule has 2 rings (SSSR count). The normalized spacial score (nSPS) is 16.4. The average molecular weight is 298 g/mol. The first-order chi connectivity index (χ1) is 9.50. The Morgan fingerprint density at radius 3 is 2.60 bits per heavy atom. The van der Waals surface area contributed by atoms with Crippen LogP contribution >= 0.6 is 11.6 Å². The Kier molecular flexibility index (Phi) is 4.81. The summed E-state index contributed by atoms with van der Waals surface area (Å²) in [6, 6.07) is 2.16. The Balaban J connectivity index is 2.42. The van der Waals surface area contributed by atoms with Crippen molar-refractivity contribution in [2.45, 2.75) is 58.0 Å². The highest BCUT2D eigenvalue weighted by Crippen LogP contribution is 2.35. The van der Waals surface area contributed by atoms with Gasteiger partial charge >= 0.3 is 5.69 Å². The van der Waals surface area contributed by atoms with Crippen molar-refractivity contribution >= 4 is 23.0 Å². The molecule has 1 aromatic heterocycles. The second kappa shape index (κ2) is 6.39. The molecule has 0 aromatic carbocycles. The molecule has 0 bridgehead atoms. The molecule has 20 heavy (non-hydrogen) atoms. The van der Waals surface area contributed by atoms with Gasteiger partial charge in [0.05, 0.1) is 4.92 Å². The van der Waals surface area contributed by atoms with Crippen LogP contribution in [0.25, 0.3) is 0 Å². The van der Waals surface area contributed by atoms with Gasteiger partial charge in [-0.3, -0.25) is 10.1 Å². The number of halogens is 1. The molecular weight excluding hydrogens is 278 g/mol. The van der Waals surface area contributed by atoms with Crippen LogP contribution in [0.2, 0.25) is 5.15 Å². The van der Waals surface area contributed by atoms with Crippen molar-refractivity contribution < 1.29 is 4.92 Å². The third kappa shape index (κ3) is 3.20. The lowest BCUT2D eigenvalue weighted by atomic mass is 9.93. The highest BCUT2D eigenvalue weighted by atomic mass is 35.5. The van der Waals surface area contributed by atoms with Crippen LogP contribution in [0, 0.1) is 10.1 Å². The molecule has 0 unspecified atom stereocenters. The number of nitro groups is 1. The third-order valence-corrected chi connectivity index (χ3v) is 4.03. The lowest BCUT2D eigenvalue weighted by Crippen LogP contribution is -2.42. The molecule has 0 saturated heterocycles. The van der Waals surface area contributed by atoms with Gasteiger partial charge in [-0.05, 0) is 26.7 Å². The van der Waals surface area contributed by atoms with Crippen molar-refractivity contribution in [1.82, 2.24) is 4.98 Å². The van der Waals surface area contributed by atoms with Gasteiger partial charge in [0, 0.05) is 18.2 Å². The molecule has 1 saturated carbocycles. The molecule has 0 aliphatic heterocycles. The summed E-state index contributed by atoms with van der Waals surface area (Å²) in [6.07, 6.45) is 7.03. The fourth-order valence-corrected chi connectivity index (χ4v) is 3.17. The lowest BCUT2D eigenvalue weighted by molar-refractivity contribution is -0.384. The number of anilines is 1. The van der Waals surface area contributed by atoms with Gasteiger partial charge in [0.25, 0.3) is 0 Å². The first-order valence-corrected chi connectivity index (χ1v) is 7.46. The zero-order valence-corrected chi connectivity index (χ0v) is 12.6. The van der Waals surface area contributed by atoms with Gasteiger partial charge in [0.15, 0.2) is 0 Å². The number of nitrogens with zero attached hydrogens (tertiary/aromatic N) is 3. The van der Waals surface area contributed by atoms with Crippen molar-refractivity contribution in [2.24, 2.45) is 0 Å². The van der Waals surface area contributed by atoms with Crippen molar-refractivity contribution in [3.05, 3.63) is 27.5 Å². The third-order valence-electron chi connectivity index (χ3n) is 3.83. The fourth-order valence-electron chi connectivity index (χ4n) is 3.02. The van der Waals surface area contributed by atoms with E-state index < -0.39 is 0 Å². The van der Waals surface area contributed by atoms with Gasteiger partial charge in [0.1, 0.15) is 17.0 Å². The van der Waals surface area contributed by atoms with Crippen LogP contribution < -0.4 is 4.90 Å². The van der Waals surface area contributed by atoms with Crippen LogP contribution in [-0.4, -0.2) is 22.0 Å². The van der Waals surface area contributed by atoms with Crippen molar-refractivity contribution in [3.63, 3.8) is 0 Å². The first-order valence-electron chi connectivity index (χ1n) is 7.09. The minimum Gasteiger partial charge on any atom is -0.360 e. The van der Waals surface area contributed by atoms with E-state index in [9.17, 15) is 10.1 Å². The zero-order chi connectivity index (χ0) is 14.7. The fraction of sp³-hybridized carbons (Fsp3) is 0.643. The molecule has 0 atom stereocenters. The second-order valence-corrected chi connectivity index (χ2v) is 5.93. The summed E-state index contributed by atoms with van der Waals surface area (Å²) in [4.78, 5) is 16.8. The molecular formula is C14H20ClN3O2. The summed E-state index contributed by atoms with van der Waals surface area (Å²) < 4.78 is 0. The van der Waals surface area contributed by atoms with E-state index in [1.165, 1.54) is 25.5 Å². The highest BCUT2D eigenvalue weighted by molar-refractivity contribution is 6.29. The van der Waals surface area contributed by atoms with E-state index in [0.717, 1.165) is 12.8 Å². The topological polar surface area (TPSA) is 59.3 Å². The maximum absolute atomic E-state index is 11.2. The van der Waals surface area contributed by atoms with Gasteiger partial charge < -0.3 is 4.90 Å². The van der Waals surface area contributed by atoms with Gasteiger partial charge in [0.2, 0.25) is 0 Å². The van der Waals surface area contributed by atoms with Gasteiger partial charge in [-0.1, -0.05) is 30.9 Å². The van der Waals surface area contributed by atoms with E-state index in [-0.39, 0.29) is 16.7 Å². The van der Waals surface area contributed by atoms with E-state index in [1.807, 2.05) is 0 Å². The van der Waals surface area contributed by atoms with E-state index in [2.05, 4.69) is 23.7 Å². The molecule has 1 aromatic rings. The Morgan fingerprint density at radius 2 is 2.05 bits per heavy atom. The van der Waals surface area contributed by atoms with Crippen LogP contribution in [-0.2, 0) is 0 Å². The largest absolute Gasteiger partial charge is 0.360 e. The maximum Gasteiger partial charge on any atom is 0.310 e. The van der Waals surface area contributed by atoms with E-state index in [0.29, 0.717) is 16.9 Å². The summed E-state index contributed by atoms with van der Waals surface area (Å²) in [5.41, 5.74) is 0.630. The molecule has 1 heterocycles. The molecule has 1 aliphatic carbocycles. The SMILES string of the molecule is CC(C)N(c1cc(Cl)ncc1[N+](=O)[O-])C1CCCCC1. The van der Waals surface area contributed by atoms with Crippen LogP contribution in [0.3, 0.4) is 0 Å². The summed E-state index contributed by atoms with van der Waals surface area (Å²) in [7, 11) is 0. The number of hydrogen-bond acceptors (Lipinski definition) is 4. The molecule has 5 nitrogen and oxygen atoms in total. The molecule has 0 N–H and O–H groups in total. The summed E-state index contributed by atoms with van der Waals surface area (Å²) in [5.74, 6) is 0. The standard InChI is InChI=1S/C14H20ClN3O2/c1-10(2)17(11-6-4-3-5-7-11)12-8-14(15)16-9-13(12)18(19)20/h8-11H,3-7H2,1-2H3. The Labute approximate surface area is 124 Å². The Bertz CT molecular complexity index is 487. The molecule has 0 amide bonds. The predicted octanol–water partition coefficient (Wildman–Crippen LogP) is 4.19. The van der Waals surface area contributed by atoms with Crippen molar-refractivity contribution in [2.75, 3.05) is 4.90 Å². The highest BCUT2D eigenvalue weighted by Gasteiger charge is 2.29. The Hall–Kier alpha value is -1.36. The van der Waals surface area contributed by atoms with E-state index in [4.69, 9.17) is 11.6 Å². The van der Waals surface area contributed by atoms with Crippen LogP contribution in [0.5, 0.6) is 0 Å². The smallest absolute Gasteiger partial charge is 0.310 e. The Morgan fingerprint density at radius 1 is 1.40 bits per heavy atom. The number of hydrogen-bond donors (Lipinski definition) is 0. The quantitative estimate of drug-likeness (QED) is 0.475.